The summed E-state index contributed by atoms with van der Waals surface area (Å²) in [4.78, 5) is 38.6. The average molecular weight is 283 g/mol. The van der Waals surface area contributed by atoms with Crippen LogP contribution in [0.15, 0.2) is 0 Å². The van der Waals surface area contributed by atoms with Gasteiger partial charge in [0.1, 0.15) is 5.54 Å². The van der Waals surface area contributed by atoms with Gasteiger partial charge in [-0.3, -0.25) is 9.59 Å². The topological polar surface area (TPSA) is 90.0 Å². The van der Waals surface area contributed by atoms with Crippen molar-refractivity contribution in [2.24, 2.45) is 5.92 Å². The molecule has 2 heterocycles. The fraction of sp³-hybridized carbons (Fsp3) is 0.769. The van der Waals surface area contributed by atoms with E-state index in [1.54, 1.807) is 18.7 Å². The Morgan fingerprint density at radius 3 is 2.70 bits per heavy atom. The van der Waals surface area contributed by atoms with Gasteiger partial charge in [-0.1, -0.05) is 0 Å². The summed E-state index contributed by atoms with van der Waals surface area (Å²) in [5, 5.41) is 11.8. The van der Waals surface area contributed by atoms with Crippen LogP contribution < -0.4 is 5.32 Å². The summed E-state index contributed by atoms with van der Waals surface area (Å²) in [6, 6.07) is -0.240. The van der Waals surface area contributed by atoms with E-state index in [0.717, 1.165) is 0 Å². The van der Waals surface area contributed by atoms with Gasteiger partial charge in [0.2, 0.25) is 5.91 Å². The highest BCUT2D eigenvalue weighted by molar-refractivity contribution is 5.91. The van der Waals surface area contributed by atoms with E-state index in [4.69, 9.17) is 5.11 Å². The maximum Gasteiger partial charge on any atom is 0.320 e. The van der Waals surface area contributed by atoms with Gasteiger partial charge in [-0.2, -0.15) is 0 Å². The Bertz CT molecular complexity index is 435. The Labute approximate surface area is 117 Å². The normalized spacial score (nSPS) is 26.1. The molecule has 2 saturated heterocycles. The van der Waals surface area contributed by atoms with Crippen molar-refractivity contribution < 1.29 is 19.5 Å². The van der Waals surface area contributed by atoms with Crippen molar-refractivity contribution in [2.45, 2.75) is 32.2 Å². The van der Waals surface area contributed by atoms with E-state index >= 15 is 0 Å². The van der Waals surface area contributed by atoms with Crippen molar-refractivity contribution in [1.82, 2.24) is 15.1 Å². The zero-order chi connectivity index (χ0) is 14.9. The van der Waals surface area contributed by atoms with Gasteiger partial charge in [0.15, 0.2) is 0 Å². The van der Waals surface area contributed by atoms with Crippen LogP contribution in [0.1, 0.15) is 26.7 Å². The smallest absolute Gasteiger partial charge is 0.320 e. The first-order valence-corrected chi connectivity index (χ1v) is 6.91. The molecule has 0 aliphatic carbocycles. The molecule has 0 aromatic rings. The fourth-order valence-electron chi connectivity index (χ4n) is 2.76. The molecule has 0 radical (unpaired) electrons. The predicted molar refractivity (Wildman–Crippen MR) is 71.1 cm³/mol. The first-order chi connectivity index (χ1) is 9.34. The lowest BCUT2D eigenvalue weighted by Gasteiger charge is -2.44. The second-order valence-corrected chi connectivity index (χ2v) is 5.87. The molecule has 2 rings (SSSR count). The van der Waals surface area contributed by atoms with Gasteiger partial charge in [-0.05, 0) is 26.7 Å². The number of rotatable bonds is 1. The minimum atomic E-state index is -0.897. The summed E-state index contributed by atoms with van der Waals surface area (Å²) in [7, 11) is 0. The molecule has 20 heavy (non-hydrogen) atoms. The molecule has 2 aliphatic rings. The number of nitrogens with zero attached hydrogens (tertiary/aromatic N) is 2. The van der Waals surface area contributed by atoms with Crippen LogP contribution in [-0.4, -0.2) is 64.5 Å². The Morgan fingerprint density at radius 2 is 2.05 bits per heavy atom. The molecular formula is C13H21N3O4. The van der Waals surface area contributed by atoms with E-state index in [1.165, 1.54) is 4.90 Å². The standard InChI is InChI=1S/C13H21N3O4/c1-13(2)11(19)14-5-7-16(13)12(20)15-6-3-4-9(8-15)10(17)18/h9H,3-8H2,1-2H3,(H,14,19)(H,17,18). The molecule has 1 unspecified atom stereocenters. The van der Waals surface area contributed by atoms with Crippen molar-refractivity contribution in [3.8, 4) is 0 Å². The Balaban J connectivity index is 2.10. The largest absolute Gasteiger partial charge is 0.481 e. The number of carbonyl (C=O) groups excluding carboxylic acids is 2. The van der Waals surface area contributed by atoms with Crippen molar-refractivity contribution in [3.63, 3.8) is 0 Å². The molecule has 0 spiro atoms. The summed E-state index contributed by atoms with van der Waals surface area (Å²) in [5.41, 5.74) is -0.897. The van der Waals surface area contributed by atoms with E-state index in [-0.39, 0.29) is 18.5 Å². The zero-order valence-corrected chi connectivity index (χ0v) is 11.9. The molecule has 2 aliphatic heterocycles. The minimum absolute atomic E-state index is 0.177. The number of amides is 3. The number of piperazine rings is 1. The van der Waals surface area contributed by atoms with Gasteiger partial charge in [-0.15, -0.1) is 0 Å². The van der Waals surface area contributed by atoms with Crippen LogP contribution in [0.2, 0.25) is 0 Å². The van der Waals surface area contributed by atoms with E-state index in [0.29, 0.717) is 32.5 Å². The molecule has 112 valence electrons. The number of urea groups is 1. The summed E-state index contributed by atoms with van der Waals surface area (Å²) in [5.74, 6) is -1.54. The second kappa shape index (κ2) is 5.30. The number of hydrogen-bond acceptors (Lipinski definition) is 3. The summed E-state index contributed by atoms with van der Waals surface area (Å²) < 4.78 is 0. The highest BCUT2D eigenvalue weighted by Crippen LogP contribution is 2.23. The molecule has 0 aromatic heterocycles. The second-order valence-electron chi connectivity index (χ2n) is 5.87. The molecule has 1 atom stereocenters. The predicted octanol–water partition coefficient (Wildman–Crippen LogP) is 0.113. The molecular weight excluding hydrogens is 262 g/mol. The molecule has 2 N–H and O–H groups in total. The van der Waals surface area contributed by atoms with Gasteiger partial charge in [0.25, 0.3) is 0 Å². The van der Waals surface area contributed by atoms with Gasteiger partial charge < -0.3 is 20.2 Å². The van der Waals surface area contributed by atoms with Gasteiger partial charge in [-0.25, -0.2) is 4.79 Å². The van der Waals surface area contributed by atoms with Crippen molar-refractivity contribution in [3.05, 3.63) is 0 Å². The van der Waals surface area contributed by atoms with Crippen LogP contribution in [0, 0.1) is 5.92 Å². The quantitative estimate of drug-likeness (QED) is 0.715. The molecule has 2 fully saturated rings. The van der Waals surface area contributed by atoms with Crippen molar-refractivity contribution in [2.75, 3.05) is 26.2 Å². The number of carbonyl (C=O) groups is 3. The van der Waals surface area contributed by atoms with Gasteiger partial charge in [0.05, 0.1) is 5.92 Å². The van der Waals surface area contributed by atoms with Crippen LogP contribution in [0.5, 0.6) is 0 Å². The fourth-order valence-corrected chi connectivity index (χ4v) is 2.76. The van der Waals surface area contributed by atoms with Crippen molar-refractivity contribution >= 4 is 17.9 Å². The van der Waals surface area contributed by atoms with E-state index < -0.39 is 17.4 Å². The van der Waals surface area contributed by atoms with E-state index in [9.17, 15) is 14.4 Å². The van der Waals surface area contributed by atoms with Crippen LogP contribution in [-0.2, 0) is 9.59 Å². The maximum atomic E-state index is 12.6. The third-order valence-electron chi connectivity index (χ3n) is 4.12. The number of aliphatic carboxylic acids is 1. The molecule has 7 heteroatoms. The summed E-state index contributed by atoms with van der Waals surface area (Å²) >= 11 is 0. The summed E-state index contributed by atoms with van der Waals surface area (Å²) in [6.45, 7) is 5.07. The number of carboxylic acid groups (broad SMARTS) is 1. The SMILES string of the molecule is CC1(C)C(=O)NCCN1C(=O)N1CCCC(C(=O)O)C1. The molecule has 0 saturated carbocycles. The maximum absolute atomic E-state index is 12.6. The lowest BCUT2D eigenvalue weighted by molar-refractivity contribution is -0.143. The van der Waals surface area contributed by atoms with E-state index in [1.807, 2.05) is 0 Å². The lowest BCUT2D eigenvalue weighted by atomic mass is 9.97. The van der Waals surface area contributed by atoms with Crippen molar-refractivity contribution in [1.29, 1.82) is 0 Å². The van der Waals surface area contributed by atoms with Crippen LogP contribution in [0.25, 0.3) is 0 Å². The Kier molecular flexibility index (Phi) is 3.87. The third kappa shape index (κ3) is 2.57. The highest BCUT2D eigenvalue weighted by Gasteiger charge is 2.43. The Hall–Kier alpha value is -1.79. The number of carboxylic acids is 1. The van der Waals surface area contributed by atoms with Crippen LogP contribution in [0.3, 0.4) is 0 Å². The zero-order valence-electron chi connectivity index (χ0n) is 11.9. The highest BCUT2D eigenvalue weighted by atomic mass is 16.4. The number of likely N-dealkylation sites (tertiary alicyclic amines) is 1. The van der Waals surface area contributed by atoms with Gasteiger partial charge >= 0.3 is 12.0 Å². The number of nitrogens with one attached hydrogen (secondary N) is 1. The van der Waals surface area contributed by atoms with Crippen LogP contribution in [0.4, 0.5) is 4.79 Å². The average Bonchev–Trinajstić information content (AvgIpc) is 2.41. The lowest BCUT2D eigenvalue weighted by Crippen LogP contribution is -2.66. The minimum Gasteiger partial charge on any atom is -0.481 e. The first-order valence-electron chi connectivity index (χ1n) is 6.91. The summed E-state index contributed by atoms with van der Waals surface area (Å²) in [6.07, 6.45) is 1.28. The number of piperidine rings is 1. The molecule has 0 bridgehead atoms. The third-order valence-corrected chi connectivity index (χ3v) is 4.12. The molecule has 0 aromatic carbocycles. The molecule has 3 amide bonds. The monoisotopic (exact) mass is 283 g/mol. The molecule has 7 nitrogen and oxygen atoms in total. The van der Waals surface area contributed by atoms with Gasteiger partial charge in [0, 0.05) is 26.2 Å². The number of hydrogen-bond donors (Lipinski definition) is 2. The first kappa shape index (κ1) is 14.6. The van der Waals surface area contributed by atoms with Crippen LogP contribution >= 0.6 is 0 Å². The van der Waals surface area contributed by atoms with E-state index in [2.05, 4.69) is 5.32 Å². The Morgan fingerprint density at radius 1 is 1.35 bits per heavy atom.